The van der Waals surface area contributed by atoms with Crippen molar-refractivity contribution in [3.63, 3.8) is 0 Å². The molecule has 1 saturated carbocycles. The van der Waals surface area contributed by atoms with E-state index in [9.17, 15) is 4.79 Å². The molecule has 0 aromatic rings. The highest BCUT2D eigenvalue weighted by molar-refractivity contribution is 9.13. The van der Waals surface area contributed by atoms with Crippen LogP contribution in [0.5, 0.6) is 0 Å². The Balaban J connectivity index is 2.79. The fourth-order valence-electron chi connectivity index (χ4n) is 1.90. The van der Waals surface area contributed by atoms with Crippen molar-refractivity contribution in [1.29, 1.82) is 0 Å². The molecule has 1 rings (SSSR count). The third-order valence-electron chi connectivity index (χ3n) is 2.80. The van der Waals surface area contributed by atoms with E-state index in [0.29, 0.717) is 0 Å². The van der Waals surface area contributed by atoms with Gasteiger partial charge in [-0.25, -0.2) is 0 Å². The highest BCUT2D eigenvalue weighted by Crippen LogP contribution is 2.64. The molecule has 0 aromatic carbocycles. The van der Waals surface area contributed by atoms with Crippen LogP contribution < -0.4 is 0 Å². The Hall–Kier alpha value is 1.01. The summed E-state index contributed by atoms with van der Waals surface area (Å²) in [5.74, 6) is -1.25. The lowest BCUT2D eigenvalue weighted by molar-refractivity contribution is -0.139. The Kier molecular flexibility index (Phi) is 3.54. The van der Waals surface area contributed by atoms with Gasteiger partial charge in [0.2, 0.25) is 0 Å². The van der Waals surface area contributed by atoms with E-state index in [-0.39, 0.29) is 22.1 Å². The molecule has 0 radical (unpaired) electrons. The van der Waals surface area contributed by atoms with Gasteiger partial charge in [-0.15, -0.1) is 0 Å². The number of hydrogen-bond acceptors (Lipinski definition) is 1. The number of hydrogen-bond donors (Lipinski definition) is 1. The Bertz CT molecular complexity index is 263. The third-order valence-corrected chi connectivity index (χ3v) is 6.17. The van der Waals surface area contributed by atoms with E-state index in [0.717, 1.165) is 0 Å². The predicted molar refractivity (Wildman–Crippen MR) is 64.5 cm³/mol. The molecule has 1 aliphatic carbocycles. The first-order chi connectivity index (χ1) is 6.10. The molecule has 2 nitrogen and oxygen atoms in total. The van der Waals surface area contributed by atoms with Crippen molar-refractivity contribution in [2.24, 2.45) is 17.3 Å². The van der Waals surface area contributed by atoms with E-state index >= 15 is 0 Å². The van der Waals surface area contributed by atoms with Crippen molar-refractivity contribution in [3.8, 4) is 0 Å². The van der Waals surface area contributed by atoms with Gasteiger partial charge in [0.1, 0.15) is 0 Å². The van der Waals surface area contributed by atoms with Gasteiger partial charge in [-0.1, -0.05) is 53.0 Å². The molecule has 0 heterocycles. The predicted octanol–water partition coefficient (Wildman–Crippen LogP) is 3.63. The van der Waals surface area contributed by atoms with Crippen LogP contribution in [-0.4, -0.2) is 19.1 Å². The number of rotatable bonds is 3. The maximum atomic E-state index is 10.9. The maximum Gasteiger partial charge on any atom is 0.307 e. The summed E-state index contributed by atoms with van der Waals surface area (Å²) in [5, 5.41) is 8.95. The molecule has 1 aliphatic rings. The molecule has 0 aliphatic heterocycles. The van der Waals surface area contributed by atoms with Gasteiger partial charge >= 0.3 is 5.97 Å². The highest BCUT2D eigenvalue weighted by Gasteiger charge is 2.67. The first kappa shape index (κ1) is 13.1. The van der Waals surface area contributed by atoms with Gasteiger partial charge in [-0.2, -0.15) is 0 Å². The van der Waals surface area contributed by atoms with E-state index < -0.39 is 9.21 Å². The molecule has 0 aromatic heterocycles. The Labute approximate surface area is 110 Å². The van der Waals surface area contributed by atoms with Gasteiger partial charge < -0.3 is 5.11 Å². The first-order valence-electron chi connectivity index (χ1n) is 4.03. The molecule has 1 unspecified atom stereocenters. The molecule has 82 valence electrons. The molecule has 0 saturated heterocycles. The van der Waals surface area contributed by atoms with Crippen LogP contribution in [0.4, 0.5) is 0 Å². The number of carboxylic acids is 1. The highest BCUT2D eigenvalue weighted by atomic mass is 79.9. The zero-order valence-electron chi connectivity index (χ0n) is 7.60. The van der Waals surface area contributed by atoms with Crippen molar-refractivity contribution >= 4 is 61.0 Å². The van der Waals surface area contributed by atoms with Crippen LogP contribution in [0.1, 0.15) is 13.8 Å². The fourth-order valence-corrected chi connectivity index (χ4v) is 3.44. The summed E-state index contributed by atoms with van der Waals surface area (Å²) >= 11 is 18.2. The standard InChI is InChI=1S/C8H10Br2Cl2O2/c1-7(2)3(4(7)6(13)14)5(9)8(10,11)12/h3-5H,1-2H3,(H,13,14)/t3-,4?,5-/m1/s1. The van der Waals surface area contributed by atoms with E-state index in [1.165, 1.54) is 0 Å². The van der Waals surface area contributed by atoms with Crippen LogP contribution in [0.3, 0.4) is 0 Å². The SMILES string of the molecule is CC1(C)C(C(=O)O)[C@@H]1[C@@H](Br)C(Cl)(Cl)Br. The molecule has 3 atom stereocenters. The van der Waals surface area contributed by atoms with Crippen molar-refractivity contribution in [1.82, 2.24) is 0 Å². The van der Waals surface area contributed by atoms with Crippen LogP contribution in [0.2, 0.25) is 0 Å². The van der Waals surface area contributed by atoms with Crippen LogP contribution in [0.15, 0.2) is 0 Å². The second kappa shape index (κ2) is 3.79. The third kappa shape index (κ3) is 2.23. The van der Waals surface area contributed by atoms with E-state index in [4.69, 9.17) is 28.3 Å². The molecule has 6 heteroatoms. The van der Waals surface area contributed by atoms with E-state index in [1.807, 2.05) is 13.8 Å². The number of halogens is 4. The Morgan fingerprint density at radius 1 is 1.57 bits per heavy atom. The van der Waals surface area contributed by atoms with Gasteiger partial charge in [-0.3, -0.25) is 4.79 Å². The largest absolute Gasteiger partial charge is 0.481 e. The number of carboxylic acid groups (broad SMARTS) is 1. The van der Waals surface area contributed by atoms with Crippen molar-refractivity contribution in [3.05, 3.63) is 0 Å². The molecule has 1 fully saturated rings. The fraction of sp³-hybridized carbons (Fsp3) is 0.875. The van der Waals surface area contributed by atoms with E-state index in [1.54, 1.807) is 0 Å². The van der Waals surface area contributed by atoms with Gasteiger partial charge in [0.15, 0.2) is 3.24 Å². The quantitative estimate of drug-likeness (QED) is 0.772. The van der Waals surface area contributed by atoms with Crippen LogP contribution in [0, 0.1) is 17.3 Å². The molecule has 0 spiro atoms. The zero-order chi connectivity index (χ0) is 11.3. The Morgan fingerprint density at radius 2 is 2.00 bits per heavy atom. The average Bonchev–Trinajstić information content (AvgIpc) is 2.49. The monoisotopic (exact) mass is 366 g/mol. The molecular weight excluding hydrogens is 359 g/mol. The minimum Gasteiger partial charge on any atom is -0.481 e. The second-order valence-electron chi connectivity index (χ2n) is 4.11. The van der Waals surface area contributed by atoms with Crippen LogP contribution in [-0.2, 0) is 4.79 Å². The molecule has 0 bridgehead atoms. The molecule has 0 amide bonds. The second-order valence-corrected chi connectivity index (χ2v) is 8.64. The minimum absolute atomic E-state index is 0.0608. The number of alkyl halides is 4. The summed E-state index contributed by atoms with van der Waals surface area (Å²) in [4.78, 5) is 10.6. The minimum atomic E-state index is -1.13. The van der Waals surface area contributed by atoms with Gasteiger partial charge in [0.05, 0.1) is 10.7 Å². The summed E-state index contributed by atoms with van der Waals surface area (Å²) in [6.45, 7) is 3.80. The molecule has 14 heavy (non-hydrogen) atoms. The molecule has 1 N–H and O–H groups in total. The van der Waals surface area contributed by atoms with Crippen molar-refractivity contribution in [2.45, 2.75) is 21.9 Å². The lowest BCUT2D eigenvalue weighted by Crippen LogP contribution is -2.23. The summed E-state index contributed by atoms with van der Waals surface area (Å²) in [7, 11) is 0. The van der Waals surface area contributed by atoms with Crippen LogP contribution >= 0.6 is 55.1 Å². The van der Waals surface area contributed by atoms with Gasteiger partial charge in [0.25, 0.3) is 0 Å². The summed E-state index contributed by atoms with van der Waals surface area (Å²) in [6, 6.07) is 0. The van der Waals surface area contributed by atoms with Crippen LogP contribution in [0.25, 0.3) is 0 Å². The lowest BCUT2D eigenvalue weighted by Gasteiger charge is -2.19. The maximum absolute atomic E-state index is 10.9. The lowest BCUT2D eigenvalue weighted by atomic mass is 10.1. The first-order valence-corrected chi connectivity index (χ1v) is 6.50. The topological polar surface area (TPSA) is 37.3 Å². The van der Waals surface area contributed by atoms with Gasteiger partial charge in [0, 0.05) is 0 Å². The number of carbonyl (C=O) groups is 1. The summed E-state index contributed by atoms with van der Waals surface area (Å²) in [6.07, 6.45) is 0. The average molecular weight is 369 g/mol. The normalized spacial score (nSPS) is 32.4. The summed E-state index contributed by atoms with van der Waals surface area (Å²) < 4.78 is -1.13. The zero-order valence-corrected chi connectivity index (χ0v) is 12.3. The number of aliphatic carboxylic acids is 1. The smallest absolute Gasteiger partial charge is 0.307 e. The van der Waals surface area contributed by atoms with Crippen molar-refractivity contribution < 1.29 is 9.90 Å². The van der Waals surface area contributed by atoms with E-state index in [2.05, 4.69) is 31.9 Å². The summed E-state index contributed by atoms with van der Waals surface area (Å²) in [5.41, 5.74) is -0.261. The molecular formula is C8H10Br2Cl2O2. The Morgan fingerprint density at radius 3 is 2.21 bits per heavy atom. The van der Waals surface area contributed by atoms with Crippen molar-refractivity contribution in [2.75, 3.05) is 0 Å². The van der Waals surface area contributed by atoms with Gasteiger partial charge in [-0.05, 0) is 27.3 Å².